The van der Waals surface area contributed by atoms with E-state index in [4.69, 9.17) is 16.3 Å². The molecule has 0 aliphatic carbocycles. The number of halogens is 1. The molecular formula is C15H25ClN4O2. The van der Waals surface area contributed by atoms with Crippen LogP contribution in [0.2, 0.25) is 5.28 Å². The lowest BCUT2D eigenvalue weighted by atomic mass is 10.1. The number of aromatic nitrogens is 2. The number of anilines is 1. The van der Waals surface area contributed by atoms with Crippen molar-refractivity contribution in [2.45, 2.75) is 52.7 Å². The maximum Gasteiger partial charge on any atom is 0.410 e. The summed E-state index contributed by atoms with van der Waals surface area (Å²) in [5, 5.41) is 3.31. The van der Waals surface area contributed by atoms with Crippen LogP contribution in [0.4, 0.5) is 10.6 Å². The monoisotopic (exact) mass is 328 g/mol. The summed E-state index contributed by atoms with van der Waals surface area (Å²) >= 11 is 5.74. The standard InChI is InChI=1S/C15H25ClN4O2/c1-14(2,3)20(13(21)22-15(4,5)6)10-9-17-11-7-8-18-12(16)19-11/h7-8H,9-10H2,1-6H3,(H,17,18,19). The molecule has 0 atom stereocenters. The minimum absolute atomic E-state index is 0.185. The fraction of sp³-hybridized carbons (Fsp3) is 0.667. The van der Waals surface area contributed by atoms with Gasteiger partial charge in [0.05, 0.1) is 0 Å². The summed E-state index contributed by atoms with van der Waals surface area (Å²) in [6.45, 7) is 12.5. The summed E-state index contributed by atoms with van der Waals surface area (Å²) in [6, 6.07) is 1.72. The van der Waals surface area contributed by atoms with Gasteiger partial charge in [-0.1, -0.05) is 0 Å². The van der Waals surface area contributed by atoms with Crippen LogP contribution in [0.15, 0.2) is 12.3 Å². The summed E-state index contributed by atoms with van der Waals surface area (Å²) < 4.78 is 5.46. The van der Waals surface area contributed by atoms with E-state index in [1.54, 1.807) is 17.2 Å². The highest BCUT2D eigenvalue weighted by molar-refractivity contribution is 6.28. The Bertz CT molecular complexity index is 509. The van der Waals surface area contributed by atoms with Crippen molar-refractivity contribution in [3.8, 4) is 0 Å². The average molecular weight is 329 g/mol. The number of nitrogens with one attached hydrogen (secondary N) is 1. The molecule has 0 aromatic carbocycles. The Morgan fingerprint density at radius 1 is 1.32 bits per heavy atom. The van der Waals surface area contributed by atoms with Gasteiger partial charge < -0.3 is 15.0 Å². The highest BCUT2D eigenvalue weighted by Crippen LogP contribution is 2.18. The van der Waals surface area contributed by atoms with Crippen LogP contribution >= 0.6 is 11.6 Å². The fourth-order valence-electron chi connectivity index (χ4n) is 1.75. The van der Waals surface area contributed by atoms with Crippen LogP contribution in [0.1, 0.15) is 41.5 Å². The van der Waals surface area contributed by atoms with E-state index in [0.29, 0.717) is 18.9 Å². The van der Waals surface area contributed by atoms with E-state index in [-0.39, 0.29) is 16.9 Å². The fourth-order valence-corrected chi connectivity index (χ4v) is 1.89. The predicted octanol–water partition coefficient (Wildman–Crippen LogP) is 3.58. The largest absolute Gasteiger partial charge is 0.444 e. The minimum atomic E-state index is -0.520. The van der Waals surface area contributed by atoms with Crippen molar-refractivity contribution in [3.63, 3.8) is 0 Å². The average Bonchev–Trinajstić information content (AvgIpc) is 2.30. The molecule has 1 rings (SSSR count). The molecule has 0 bridgehead atoms. The number of carbonyl (C=O) groups is 1. The van der Waals surface area contributed by atoms with Gasteiger partial charge >= 0.3 is 6.09 Å². The van der Waals surface area contributed by atoms with Gasteiger partial charge in [-0.05, 0) is 59.2 Å². The van der Waals surface area contributed by atoms with Gasteiger partial charge in [-0.25, -0.2) is 14.8 Å². The summed E-state index contributed by atoms with van der Waals surface area (Å²) in [6.07, 6.45) is 1.25. The van der Waals surface area contributed by atoms with Crippen LogP contribution in [-0.4, -0.2) is 45.2 Å². The number of hydrogen-bond donors (Lipinski definition) is 1. The lowest BCUT2D eigenvalue weighted by Gasteiger charge is -2.36. The molecule has 1 aromatic rings. The number of hydrogen-bond acceptors (Lipinski definition) is 5. The summed E-state index contributed by atoms with van der Waals surface area (Å²) in [5.74, 6) is 0.623. The van der Waals surface area contributed by atoms with Crippen molar-refractivity contribution >= 4 is 23.5 Å². The molecule has 7 heteroatoms. The van der Waals surface area contributed by atoms with Crippen molar-refractivity contribution in [3.05, 3.63) is 17.5 Å². The van der Waals surface area contributed by atoms with Crippen molar-refractivity contribution in [2.75, 3.05) is 18.4 Å². The predicted molar refractivity (Wildman–Crippen MR) is 88.2 cm³/mol. The first-order chi connectivity index (χ1) is 9.99. The molecule has 1 N–H and O–H groups in total. The molecule has 0 radical (unpaired) electrons. The van der Waals surface area contributed by atoms with E-state index in [1.165, 1.54) is 0 Å². The van der Waals surface area contributed by atoms with E-state index in [0.717, 1.165) is 0 Å². The van der Waals surface area contributed by atoms with Gasteiger partial charge in [0.1, 0.15) is 11.4 Å². The topological polar surface area (TPSA) is 67.3 Å². The van der Waals surface area contributed by atoms with E-state index >= 15 is 0 Å². The zero-order chi connectivity index (χ0) is 17.0. The third-order valence-electron chi connectivity index (χ3n) is 2.69. The van der Waals surface area contributed by atoms with E-state index < -0.39 is 5.60 Å². The highest BCUT2D eigenvalue weighted by atomic mass is 35.5. The second-order valence-corrected chi connectivity index (χ2v) is 7.28. The van der Waals surface area contributed by atoms with Gasteiger partial charge in [0.25, 0.3) is 0 Å². The number of rotatable bonds is 4. The quantitative estimate of drug-likeness (QED) is 0.856. The first-order valence-electron chi connectivity index (χ1n) is 7.22. The van der Waals surface area contributed by atoms with E-state index in [1.807, 2.05) is 41.5 Å². The number of amides is 1. The Hall–Kier alpha value is -1.56. The van der Waals surface area contributed by atoms with Crippen LogP contribution in [0.25, 0.3) is 0 Å². The van der Waals surface area contributed by atoms with Gasteiger partial charge in [-0.2, -0.15) is 0 Å². The van der Waals surface area contributed by atoms with Crippen LogP contribution in [0, 0.1) is 0 Å². The first-order valence-corrected chi connectivity index (χ1v) is 7.60. The summed E-state index contributed by atoms with van der Waals surface area (Å²) in [4.78, 5) is 21.9. The van der Waals surface area contributed by atoms with Crippen LogP contribution in [-0.2, 0) is 4.74 Å². The minimum Gasteiger partial charge on any atom is -0.444 e. The lowest BCUT2D eigenvalue weighted by Crippen LogP contribution is -2.49. The smallest absolute Gasteiger partial charge is 0.410 e. The normalized spacial score (nSPS) is 12.0. The third-order valence-corrected chi connectivity index (χ3v) is 2.87. The van der Waals surface area contributed by atoms with E-state index in [9.17, 15) is 4.79 Å². The highest BCUT2D eigenvalue weighted by Gasteiger charge is 2.30. The van der Waals surface area contributed by atoms with Crippen molar-refractivity contribution in [1.29, 1.82) is 0 Å². The maximum absolute atomic E-state index is 12.3. The number of ether oxygens (including phenoxy) is 1. The molecule has 1 heterocycles. The number of nitrogens with zero attached hydrogens (tertiary/aromatic N) is 3. The summed E-state index contributed by atoms with van der Waals surface area (Å²) in [5.41, 5.74) is -0.860. The van der Waals surface area contributed by atoms with Gasteiger partial charge in [-0.15, -0.1) is 0 Å². The summed E-state index contributed by atoms with van der Waals surface area (Å²) in [7, 11) is 0. The van der Waals surface area contributed by atoms with Crippen molar-refractivity contribution < 1.29 is 9.53 Å². The molecule has 1 amide bonds. The Kier molecular flexibility index (Phi) is 6.00. The number of carbonyl (C=O) groups excluding carboxylic acids is 1. The van der Waals surface area contributed by atoms with Crippen molar-refractivity contribution in [2.24, 2.45) is 0 Å². The van der Waals surface area contributed by atoms with Gasteiger partial charge in [0, 0.05) is 24.8 Å². The molecule has 0 aliphatic heterocycles. The van der Waals surface area contributed by atoms with E-state index in [2.05, 4.69) is 15.3 Å². The third kappa shape index (κ3) is 6.47. The molecule has 0 fully saturated rings. The lowest BCUT2D eigenvalue weighted by molar-refractivity contribution is 0.00748. The Balaban J connectivity index is 2.65. The zero-order valence-electron chi connectivity index (χ0n) is 14.1. The molecule has 0 aliphatic rings. The SMILES string of the molecule is CC(C)(C)OC(=O)N(CCNc1ccnc(Cl)n1)C(C)(C)C. The maximum atomic E-state index is 12.3. The molecule has 1 aromatic heterocycles. The molecule has 0 spiro atoms. The first kappa shape index (κ1) is 18.5. The Labute approximate surface area is 137 Å². The molecule has 6 nitrogen and oxygen atoms in total. The van der Waals surface area contributed by atoms with Crippen LogP contribution in [0.3, 0.4) is 0 Å². The van der Waals surface area contributed by atoms with Crippen molar-refractivity contribution in [1.82, 2.24) is 14.9 Å². The van der Waals surface area contributed by atoms with Gasteiger partial charge in [0.2, 0.25) is 5.28 Å². The van der Waals surface area contributed by atoms with Gasteiger partial charge in [0.15, 0.2) is 0 Å². The van der Waals surface area contributed by atoms with Gasteiger partial charge in [-0.3, -0.25) is 0 Å². The molecule has 0 unspecified atom stereocenters. The molecular weight excluding hydrogens is 304 g/mol. The molecule has 124 valence electrons. The molecule has 0 saturated heterocycles. The second-order valence-electron chi connectivity index (χ2n) is 6.94. The molecule has 22 heavy (non-hydrogen) atoms. The van der Waals surface area contributed by atoms with Crippen LogP contribution in [0.5, 0.6) is 0 Å². The Morgan fingerprint density at radius 3 is 2.45 bits per heavy atom. The zero-order valence-corrected chi connectivity index (χ0v) is 14.9. The molecule has 0 saturated carbocycles. The Morgan fingerprint density at radius 2 is 1.95 bits per heavy atom. The van der Waals surface area contributed by atoms with Crippen LogP contribution < -0.4 is 5.32 Å². The second kappa shape index (κ2) is 7.13.